The smallest absolute Gasteiger partial charge is 0.147 e. The average Bonchev–Trinajstić information content (AvgIpc) is 3.17. The summed E-state index contributed by atoms with van der Waals surface area (Å²) in [5, 5.41) is 0. The molecule has 2 aromatic carbocycles. The number of benzene rings is 2. The van der Waals surface area contributed by atoms with Crippen molar-refractivity contribution in [1.29, 1.82) is 0 Å². The molecule has 19 heavy (non-hydrogen) atoms. The van der Waals surface area contributed by atoms with E-state index in [1.165, 1.54) is 11.1 Å². The van der Waals surface area contributed by atoms with Crippen LogP contribution in [0.2, 0.25) is 0 Å². The van der Waals surface area contributed by atoms with E-state index in [4.69, 9.17) is 0 Å². The maximum atomic E-state index is 3.37. The topological polar surface area (TPSA) is 0 Å². The van der Waals surface area contributed by atoms with Gasteiger partial charge in [0.1, 0.15) is 10.2 Å². The van der Waals surface area contributed by atoms with Gasteiger partial charge in [0.2, 0.25) is 0 Å². The van der Waals surface area contributed by atoms with Crippen LogP contribution in [0.3, 0.4) is 0 Å². The molecule has 0 aromatic heterocycles. The van der Waals surface area contributed by atoms with Crippen molar-refractivity contribution in [2.75, 3.05) is 0 Å². The third-order valence-electron chi connectivity index (χ3n) is 3.69. The van der Waals surface area contributed by atoms with Crippen molar-refractivity contribution >= 4 is 10.2 Å². The van der Waals surface area contributed by atoms with E-state index in [0.29, 0.717) is 5.92 Å². The van der Waals surface area contributed by atoms with Gasteiger partial charge in [0.25, 0.3) is 0 Å². The first-order valence-electron chi connectivity index (χ1n) is 6.08. The van der Waals surface area contributed by atoms with Crippen molar-refractivity contribution in [3.8, 4) is 11.5 Å². The van der Waals surface area contributed by atoms with Gasteiger partial charge in [-0.2, -0.15) is 35.9 Å². The van der Waals surface area contributed by atoms with Crippen LogP contribution in [-0.2, 0) is 24.9 Å². The van der Waals surface area contributed by atoms with Gasteiger partial charge < -0.3 is 0 Å². The molecule has 0 amide bonds. The number of rotatable bonds is 2. The Hall–Kier alpha value is -1.16. The van der Waals surface area contributed by atoms with Crippen LogP contribution >= 0.6 is 0 Å². The predicted octanol–water partition coefficient (Wildman–Crippen LogP) is 2.92. The molecule has 3 rings (SSSR count). The Labute approximate surface area is 130 Å². The van der Waals surface area contributed by atoms with Crippen molar-refractivity contribution in [3.05, 3.63) is 71.8 Å². The van der Waals surface area contributed by atoms with Gasteiger partial charge in [-0.25, -0.2) is 0 Å². The Morgan fingerprint density at radius 2 is 1.84 bits per heavy atom. The SMILES string of the molecule is [Rh].[Si]C#C[C@H]1C[C@]1(c1[c-]cccc1)c1ccccc1. The van der Waals surface area contributed by atoms with Crippen LogP contribution in [0.25, 0.3) is 0 Å². The van der Waals surface area contributed by atoms with E-state index >= 15 is 0 Å². The second kappa shape index (κ2) is 5.87. The van der Waals surface area contributed by atoms with Gasteiger partial charge >= 0.3 is 0 Å². The van der Waals surface area contributed by atoms with Crippen molar-refractivity contribution < 1.29 is 19.5 Å². The van der Waals surface area contributed by atoms with Crippen molar-refractivity contribution in [3.63, 3.8) is 0 Å². The largest absolute Gasteiger partial charge is 0.179 e. The number of hydrogen-bond donors (Lipinski definition) is 0. The molecular weight excluding hydrogens is 335 g/mol. The molecule has 1 aliphatic carbocycles. The number of hydrogen-bond acceptors (Lipinski definition) is 0. The molecule has 2 aromatic rings. The molecule has 2 heteroatoms. The van der Waals surface area contributed by atoms with Gasteiger partial charge in [0, 0.05) is 30.8 Å². The van der Waals surface area contributed by atoms with Crippen molar-refractivity contribution in [2.45, 2.75) is 11.8 Å². The van der Waals surface area contributed by atoms with Crippen LogP contribution in [0.1, 0.15) is 17.5 Å². The van der Waals surface area contributed by atoms with Crippen LogP contribution in [0, 0.1) is 23.4 Å². The van der Waals surface area contributed by atoms with E-state index in [2.05, 4.69) is 70.2 Å². The molecule has 94 valence electrons. The Morgan fingerprint density at radius 1 is 1.11 bits per heavy atom. The van der Waals surface area contributed by atoms with Crippen LogP contribution in [0.5, 0.6) is 0 Å². The van der Waals surface area contributed by atoms with E-state index < -0.39 is 0 Å². The zero-order chi connectivity index (χ0) is 12.4. The molecule has 2 atom stereocenters. The predicted molar refractivity (Wildman–Crippen MR) is 74.1 cm³/mol. The molecule has 0 heterocycles. The molecule has 0 nitrogen and oxygen atoms in total. The Morgan fingerprint density at radius 3 is 2.47 bits per heavy atom. The molecule has 0 bridgehead atoms. The van der Waals surface area contributed by atoms with Gasteiger partial charge in [0.15, 0.2) is 0 Å². The molecule has 1 aliphatic rings. The summed E-state index contributed by atoms with van der Waals surface area (Å²) in [6.45, 7) is 0. The summed E-state index contributed by atoms with van der Waals surface area (Å²) in [7, 11) is 3.26. The van der Waals surface area contributed by atoms with Gasteiger partial charge in [-0.05, 0) is 12.0 Å². The summed E-state index contributed by atoms with van der Waals surface area (Å²) >= 11 is 0. The fourth-order valence-corrected chi connectivity index (χ4v) is 2.88. The minimum absolute atomic E-state index is 0. The maximum Gasteiger partial charge on any atom is 0.147 e. The fourth-order valence-electron chi connectivity index (χ4n) is 2.70. The first-order chi connectivity index (χ1) is 8.88. The Kier molecular flexibility index (Phi) is 4.40. The molecule has 0 N–H and O–H groups in total. The standard InChI is InChI=1S/C17H12Si.Rh/c18-12-11-16-13-17(16,14-7-3-1-4-8-14)15-9-5-2-6-10-15;/h1-9,16H,13H2;/q-1;/t16-,17+;/m0./s1. The van der Waals surface area contributed by atoms with E-state index in [-0.39, 0.29) is 24.9 Å². The molecular formula is C17H12RhSi-. The van der Waals surface area contributed by atoms with E-state index in [1.54, 1.807) is 0 Å². The van der Waals surface area contributed by atoms with Gasteiger partial charge in [-0.15, -0.1) is 11.5 Å². The van der Waals surface area contributed by atoms with Crippen molar-refractivity contribution in [2.24, 2.45) is 5.92 Å². The molecule has 4 radical (unpaired) electrons. The molecule has 0 spiro atoms. The normalized spacial score (nSPS) is 23.7. The van der Waals surface area contributed by atoms with Crippen LogP contribution < -0.4 is 0 Å². The zero-order valence-electron chi connectivity index (χ0n) is 10.3. The van der Waals surface area contributed by atoms with E-state index in [0.717, 1.165) is 6.42 Å². The van der Waals surface area contributed by atoms with Crippen molar-refractivity contribution in [1.82, 2.24) is 0 Å². The molecule has 0 unspecified atom stereocenters. The van der Waals surface area contributed by atoms with Gasteiger partial charge in [-0.1, -0.05) is 30.3 Å². The summed E-state index contributed by atoms with van der Waals surface area (Å²) < 4.78 is 0. The Bertz CT molecular complexity index is 556. The minimum Gasteiger partial charge on any atom is -0.179 e. The summed E-state index contributed by atoms with van der Waals surface area (Å²) in [6.07, 6.45) is 1.08. The van der Waals surface area contributed by atoms with Crippen LogP contribution in [0.15, 0.2) is 54.6 Å². The molecule has 0 aliphatic heterocycles. The monoisotopic (exact) mass is 347 g/mol. The minimum atomic E-state index is 0. The summed E-state index contributed by atoms with van der Waals surface area (Å²) in [4.78, 5) is 0. The molecule has 1 fully saturated rings. The van der Waals surface area contributed by atoms with E-state index in [1.807, 2.05) is 12.1 Å². The van der Waals surface area contributed by atoms with E-state index in [9.17, 15) is 0 Å². The molecule has 0 saturated heterocycles. The van der Waals surface area contributed by atoms with Crippen LogP contribution in [-0.4, -0.2) is 10.2 Å². The Balaban J connectivity index is 0.00000133. The first-order valence-corrected chi connectivity index (χ1v) is 6.58. The third-order valence-corrected chi connectivity index (χ3v) is 3.83. The molecule has 1 saturated carbocycles. The zero-order valence-corrected chi connectivity index (χ0v) is 13.0. The fraction of sp³-hybridized carbons (Fsp3) is 0.176. The second-order valence-corrected chi connectivity index (χ2v) is 4.89. The summed E-state index contributed by atoms with van der Waals surface area (Å²) in [5.41, 5.74) is 5.50. The summed E-state index contributed by atoms with van der Waals surface area (Å²) in [5.74, 6) is 3.64. The maximum absolute atomic E-state index is 3.37. The second-order valence-electron chi connectivity index (χ2n) is 4.64. The first kappa shape index (κ1) is 14.3. The van der Waals surface area contributed by atoms with Gasteiger partial charge in [-0.3, -0.25) is 0 Å². The third kappa shape index (κ3) is 2.46. The summed E-state index contributed by atoms with van der Waals surface area (Å²) in [6, 6.07) is 22.2. The van der Waals surface area contributed by atoms with Gasteiger partial charge in [0.05, 0.1) is 0 Å². The quantitative estimate of drug-likeness (QED) is 0.445. The van der Waals surface area contributed by atoms with Crippen LogP contribution in [0.4, 0.5) is 0 Å². The average molecular weight is 347 g/mol.